The van der Waals surface area contributed by atoms with Crippen molar-refractivity contribution in [2.45, 2.75) is 68.1 Å². The van der Waals surface area contributed by atoms with E-state index >= 15 is 0 Å². The van der Waals surface area contributed by atoms with Crippen LogP contribution in [0.2, 0.25) is 0 Å². The van der Waals surface area contributed by atoms with E-state index in [0.717, 1.165) is 25.5 Å². The molecule has 5 heterocycles. The molecule has 69 heavy (non-hydrogen) atoms. The van der Waals surface area contributed by atoms with Crippen LogP contribution in [0.3, 0.4) is 0 Å². The van der Waals surface area contributed by atoms with Crippen LogP contribution in [0.25, 0.3) is 11.2 Å². The lowest BCUT2D eigenvalue weighted by Crippen LogP contribution is -2.46. The number of carbonyl (C=O) groups is 1. The third-order valence-corrected chi connectivity index (χ3v) is 12.8. The number of carbonyl (C=O) groups excluding carboxylic acids is 1. The molecule has 0 bridgehead atoms. The third kappa shape index (κ3) is 12.7. The number of hydrogen-bond donors (Lipinski definition) is 10. The lowest BCUT2D eigenvalue weighted by atomic mass is 10.1. The van der Waals surface area contributed by atoms with E-state index in [0.29, 0.717) is 15.9 Å². The molecule has 2 fully saturated rings. The van der Waals surface area contributed by atoms with Gasteiger partial charge in [-0.1, -0.05) is 18.2 Å². The van der Waals surface area contributed by atoms with Gasteiger partial charge in [0.05, 0.1) is 49.7 Å². The predicted octanol–water partition coefficient (Wildman–Crippen LogP) is 0.473. The SMILES string of the molecule is C[C@H](OP(=O)(O)OC[C@H]1O[C@@H](n2ccc(N)nc2=O)[C@H](O)[C@@H]1OP(=O)(O)O)[C@H](COP(=O)(O)O[C@H]1[C@@H](O)[C@H](n2cnc3c(N)ncnc32)O[C@@H]1CO)NC(=O)c1ccc(N=Nc2ccccc2)cc1. The maximum atomic E-state index is 13.6. The molecule has 0 saturated carbocycles. The van der Waals surface area contributed by atoms with Gasteiger partial charge in [-0.05, 0) is 49.4 Å². The van der Waals surface area contributed by atoms with Gasteiger partial charge < -0.3 is 61.2 Å². The van der Waals surface area contributed by atoms with Crippen LogP contribution < -0.4 is 22.5 Å². The van der Waals surface area contributed by atoms with Crippen LogP contribution in [-0.2, 0) is 45.8 Å². The van der Waals surface area contributed by atoms with Gasteiger partial charge in [-0.2, -0.15) is 15.2 Å². The predicted molar refractivity (Wildman–Crippen MR) is 232 cm³/mol. The zero-order valence-corrected chi connectivity index (χ0v) is 38.2. The van der Waals surface area contributed by atoms with E-state index in [-0.39, 0.29) is 28.4 Å². The van der Waals surface area contributed by atoms with Crippen LogP contribution in [0.5, 0.6) is 0 Å². The summed E-state index contributed by atoms with van der Waals surface area (Å²) < 4.78 is 77.6. The maximum Gasteiger partial charge on any atom is 0.472 e. The van der Waals surface area contributed by atoms with Crippen molar-refractivity contribution in [2.24, 2.45) is 10.2 Å². The molecule has 0 aliphatic carbocycles. The second-order valence-corrected chi connectivity index (χ2v) is 19.1. The molecule has 2 saturated heterocycles. The van der Waals surface area contributed by atoms with E-state index < -0.39 is 116 Å². The number of rotatable bonds is 20. The number of ether oxygens (including phenoxy) is 2. The zero-order chi connectivity index (χ0) is 49.8. The number of azo groups is 1. The van der Waals surface area contributed by atoms with Gasteiger partial charge in [0.1, 0.15) is 54.3 Å². The Balaban J connectivity index is 1.06. The van der Waals surface area contributed by atoms with Gasteiger partial charge >= 0.3 is 29.2 Å². The van der Waals surface area contributed by atoms with Crippen LogP contribution in [0.15, 0.2) is 94.5 Å². The number of aromatic nitrogens is 6. The Kier molecular flexibility index (Phi) is 15.9. The van der Waals surface area contributed by atoms with Gasteiger partial charge in [0, 0.05) is 11.8 Å². The molecule has 0 radical (unpaired) electrons. The summed E-state index contributed by atoms with van der Waals surface area (Å²) >= 11 is 0. The summed E-state index contributed by atoms with van der Waals surface area (Å²) in [6, 6.07) is 13.9. The van der Waals surface area contributed by atoms with Crippen molar-refractivity contribution in [3.8, 4) is 0 Å². The molecule has 2 aliphatic heterocycles. The fourth-order valence-electron chi connectivity index (χ4n) is 6.95. The average Bonchev–Trinajstić information content (AvgIpc) is 3.96. The van der Waals surface area contributed by atoms with Gasteiger partial charge in [-0.25, -0.2) is 33.4 Å². The van der Waals surface area contributed by atoms with Gasteiger partial charge in [-0.15, -0.1) is 0 Å². The number of nitrogens with two attached hydrogens (primary N) is 2. The van der Waals surface area contributed by atoms with Crippen molar-refractivity contribution in [2.75, 3.05) is 31.3 Å². The number of aliphatic hydroxyl groups excluding tert-OH is 3. The topological polar surface area (TPSA) is 442 Å². The summed E-state index contributed by atoms with van der Waals surface area (Å²) in [5.74, 6) is -1.08. The van der Waals surface area contributed by atoms with Crippen LogP contribution in [0.1, 0.15) is 29.7 Å². The van der Waals surface area contributed by atoms with Gasteiger partial charge in [0.15, 0.2) is 23.9 Å². The Hall–Kier alpha value is -5.33. The standard InChI is InChI=1S/C36H44N11O19P3/c1-18(64-68(56,57)61-15-24-30(65-67(53,54)55)28(50)34(63-24)46-12-11-25(37)43-36(46)52)22(42-33(51)19-7-9-21(10-8-19)45-44-20-5-3-2-4-6-20)14-60-69(58,59)66-29-23(13-48)62-35(27(29)49)47-17-41-26-31(38)39-16-40-32(26)47/h2-12,16-18,22-24,27-30,34-35,48-50H,13-15H2,1H3,(H,42,51)(H,56,57)(H,58,59)(H2,37,43,52)(H2,38,39,40)(H2,53,54,55)/t18-,22-,23+,24+,27+,28+,29+,30+,34+,35+/m0/s1. The van der Waals surface area contributed by atoms with E-state index in [2.05, 4.69) is 40.0 Å². The first-order valence-corrected chi connectivity index (χ1v) is 24.6. The van der Waals surface area contributed by atoms with Crippen molar-refractivity contribution < 1.29 is 85.5 Å². The van der Waals surface area contributed by atoms with Gasteiger partial charge in [0.2, 0.25) is 0 Å². The Bertz CT molecular complexity index is 2840. The molecule has 1 amide bonds. The molecular formula is C36H44N11O19P3. The number of hydrogen-bond acceptors (Lipinski definition) is 23. The number of aliphatic hydroxyl groups is 3. The number of fused-ring (bicyclic) bond motifs is 1. The van der Waals surface area contributed by atoms with Crippen molar-refractivity contribution in [3.63, 3.8) is 0 Å². The molecule has 30 nitrogen and oxygen atoms in total. The van der Waals surface area contributed by atoms with Gasteiger partial charge in [0.25, 0.3) is 5.91 Å². The van der Waals surface area contributed by atoms with E-state index in [1.807, 2.05) is 0 Å². The molecule has 372 valence electrons. The number of nitrogens with one attached hydrogen (secondary N) is 1. The number of nitrogens with zero attached hydrogens (tertiary/aromatic N) is 8. The fourth-order valence-corrected chi connectivity index (χ4v) is 9.47. The first kappa shape index (κ1) is 51.5. The molecule has 7 rings (SSSR count). The van der Waals surface area contributed by atoms with Crippen molar-refractivity contribution in [1.82, 2.24) is 34.4 Å². The Morgan fingerprint density at radius 1 is 0.841 bits per heavy atom. The lowest BCUT2D eigenvalue weighted by molar-refractivity contribution is -0.0564. The van der Waals surface area contributed by atoms with E-state index in [9.17, 15) is 58.2 Å². The Labute approximate surface area is 387 Å². The smallest absolute Gasteiger partial charge is 0.394 e. The van der Waals surface area contributed by atoms with E-state index in [1.165, 1.54) is 35.2 Å². The number of benzene rings is 2. The summed E-state index contributed by atoms with van der Waals surface area (Å²) in [6.45, 7) is -1.83. The summed E-state index contributed by atoms with van der Waals surface area (Å²) in [4.78, 5) is 82.5. The number of anilines is 2. The highest BCUT2D eigenvalue weighted by Crippen LogP contribution is 2.51. The highest BCUT2D eigenvalue weighted by molar-refractivity contribution is 7.47. The average molecular weight is 1030 g/mol. The van der Waals surface area contributed by atoms with Crippen LogP contribution in [-0.4, -0.2) is 138 Å². The Morgan fingerprint density at radius 3 is 2.13 bits per heavy atom. The summed E-state index contributed by atoms with van der Waals surface area (Å²) in [6.07, 6.45) is -12.2. The third-order valence-electron chi connectivity index (χ3n) is 10.3. The molecule has 2 aromatic carbocycles. The van der Waals surface area contributed by atoms with Crippen LogP contribution in [0, 0.1) is 0 Å². The number of phosphoric ester groups is 3. The second-order valence-electron chi connectivity index (χ2n) is 15.1. The van der Waals surface area contributed by atoms with Crippen molar-refractivity contribution >= 4 is 63.5 Å². The second kappa shape index (κ2) is 21.3. The van der Waals surface area contributed by atoms with Crippen molar-refractivity contribution in [1.29, 1.82) is 0 Å². The van der Waals surface area contributed by atoms with Gasteiger partial charge in [-0.3, -0.25) is 36.5 Å². The number of nitrogen functional groups attached to an aromatic ring is 2. The maximum absolute atomic E-state index is 13.6. The molecule has 2 unspecified atom stereocenters. The minimum Gasteiger partial charge on any atom is -0.394 e. The first-order chi connectivity index (χ1) is 32.6. The minimum atomic E-state index is -5.40. The normalized spacial score (nSPS) is 25.6. The molecule has 33 heteroatoms. The molecule has 12 atom stereocenters. The summed E-state index contributed by atoms with van der Waals surface area (Å²) in [5.41, 5.74) is 11.5. The molecule has 3 aromatic heterocycles. The summed E-state index contributed by atoms with van der Waals surface area (Å²) in [5, 5.41) is 42.9. The minimum absolute atomic E-state index is 0.00179. The van der Waals surface area contributed by atoms with Crippen LogP contribution in [0.4, 0.5) is 23.0 Å². The summed E-state index contributed by atoms with van der Waals surface area (Å²) in [7, 11) is -16.1. The zero-order valence-electron chi connectivity index (χ0n) is 35.5. The molecule has 2 aliphatic rings. The number of imidazole rings is 1. The Morgan fingerprint density at radius 2 is 1.48 bits per heavy atom. The van der Waals surface area contributed by atoms with E-state index in [1.54, 1.807) is 30.3 Å². The highest BCUT2D eigenvalue weighted by Gasteiger charge is 2.51. The quantitative estimate of drug-likeness (QED) is 0.0374. The largest absolute Gasteiger partial charge is 0.472 e. The van der Waals surface area contributed by atoms with Crippen LogP contribution >= 0.6 is 23.5 Å². The molecular weight excluding hydrogens is 983 g/mol. The molecule has 5 aromatic rings. The number of amides is 1. The first-order valence-electron chi connectivity index (χ1n) is 20.1. The van der Waals surface area contributed by atoms with E-state index in [4.69, 9.17) is 39.0 Å². The monoisotopic (exact) mass is 1030 g/mol. The highest BCUT2D eigenvalue weighted by atomic mass is 31.2. The number of phosphoric acid groups is 3. The fraction of sp³-hybridized carbons (Fsp3) is 0.389. The van der Waals surface area contributed by atoms with Crippen molar-refractivity contribution in [3.05, 3.63) is 95.6 Å². The molecule has 0 spiro atoms. The molecule has 12 N–H and O–H groups in total. The lowest BCUT2D eigenvalue weighted by Gasteiger charge is -2.28.